The molecule has 0 aliphatic carbocycles. The molecule has 0 radical (unpaired) electrons. The average molecular weight is 249 g/mol. The molecule has 96 valence electrons. The molecule has 1 fully saturated rings. The summed E-state index contributed by atoms with van der Waals surface area (Å²) < 4.78 is 9.60. The maximum atomic E-state index is 11.1. The van der Waals surface area contributed by atoms with E-state index in [-0.39, 0.29) is 13.1 Å². The van der Waals surface area contributed by atoms with Crippen molar-refractivity contribution in [3.63, 3.8) is 0 Å². The number of carbonyl (C=O) groups is 2. The number of benzene rings is 1. The van der Waals surface area contributed by atoms with Gasteiger partial charge in [0.15, 0.2) is 0 Å². The number of ether oxygens (including phenoxy) is 2. The number of morpholine rings is 1. The molecule has 5 heteroatoms. The molecule has 1 aromatic rings. The van der Waals surface area contributed by atoms with Gasteiger partial charge in [-0.3, -0.25) is 14.5 Å². The van der Waals surface area contributed by atoms with Crippen molar-refractivity contribution in [1.29, 1.82) is 0 Å². The first kappa shape index (κ1) is 12.6. The molecular weight excluding hydrogens is 234 g/mol. The fourth-order valence-corrected chi connectivity index (χ4v) is 1.89. The van der Waals surface area contributed by atoms with Crippen molar-refractivity contribution in [2.45, 2.75) is 6.42 Å². The standard InChI is InChI=1S/C13H15NO4/c1-17-11-4-2-3-10(7-11)5-6-14-8-12(15)18-13(16)9-14/h2-4,7H,5-6,8-9H2,1H3. The third-order valence-corrected chi connectivity index (χ3v) is 2.78. The highest BCUT2D eigenvalue weighted by atomic mass is 16.6. The lowest BCUT2D eigenvalue weighted by Crippen LogP contribution is -2.43. The summed E-state index contributed by atoms with van der Waals surface area (Å²) in [5.41, 5.74) is 1.11. The molecule has 0 atom stereocenters. The Morgan fingerprint density at radius 3 is 2.67 bits per heavy atom. The summed E-state index contributed by atoms with van der Waals surface area (Å²) in [5, 5.41) is 0. The molecular formula is C13H15NO4. The Bertz CT molecular complexity index is 442. The van der Waals surface area contributed by atoms with Gasteiger partial charge in [-0.2, -0.15) is 0 Å². The zero-order valence-corrected chi connectivity index (χ0v) is 10.2. The third-order valence-electron chi connectivity index (χ3n) is 2.78. The molecule has 0 spiro atoms. The van der Waals surface area contributed by atoms with Crippen LogP contribution in [0.4, 0.5) is 0 Å². The third kappa shape index (κ3) is 3.30. The Kier molecular flexibility index (Phi) is 3.94. The summed E-state index contributed by atoms with van der Waals surface area (Å²) in [7, 11) is 1.62. The Labute approximate surface area is 105 Å². The van der Waals surface area contributed by atoms with Gasteiger partial charge in [-0.15, -0.1) is 0 Å². The van der Waals surface area contributed by atoms with Gasteiger partial charge >= 0.3 is 11.9 Å². The minimum atomic E-state index is -0.475. The van der Waals surface area contributed by atoms with Crippen molar-refractivity contribution in [1.82, 2.24) is 4.90 Å². The lowest BCUT2D eigenvalue weighted by molar-refractivity contribution is -0.166. The molecule has 1 aliphatic heterocycles. The van der Waals surface area contributed by atoms with E-state index >= 15 is 0 Å². The van der Waals surface area contributed by atoms with E-state index in [0.717, 1.165) is 17.7 Å². The highest BCUT2D eigenvalue weighted by Crippen LogP contribution is 2.13. The van der Waals surface area contributed by atoms with Gasteiger partial charge in [0.25, 0.3) is 0 Å². The first-order chi connectivity index (χ1) is 8.67. The van der Waals surface area contributed by atoms with Crippen LogP contribution in [-0.2, 0) is 20.7 Å². The smallest absolute Gasteiger partial charge is 0.327 e. The quantitative estimate of drug-likeness (QED) is 0.578. The van der Waals surface area contributed by atoms with Gasteiger partial charge in [0, 0.05) is 6.54 Å². The topological polar surface area (TPSA) is 55.8 Å². The maximum absolute atomic E-state index is 11.1. The van der Waals surface area contributed by atoms with Crippen molar-refractivity contribution >= 4 is 11.9 Å². The Morgan fingerprint density at radius 1 is 1.28 bits per heavy atom. The van der Waals surface area contributed by atoms with E-state index in [2.05, 4.69) is 4.74 Å². The van der Waals surface area contributed by atoms with Crippen LogP contribution in [0.2, 0.25) is 0 Å². The van der Waals surface area contributed by atoms with Crippen LogP contribution in [0.5, 0.6) is 5.75 Å². The second kappa shape index (κ2) is 5.64. The van der Waals surface area contributed by atoms with Gasteiger partial charge in [0.05, 0.1) is 20.2 Å². The van der Waals surface area contributed by atoms with E-state index in [1.165, 1.54) is 0 Å². The van der Waals surface area contributed by atoms with Gasteiger partial charge in [-0.25, -0.2) is 0 Å². The van der Waals surface area contributed by atoms with Crippen LogP contribution in [0, 0.1) is 0 Å². The lowest BCUT2D eigenvalue weighted by Gasteiger charge is -2.23. The monoisotopic (exact) mass is 249 g/mol. The predicted molar refractivity (Wildman–Crippen MR) is 64.2 cm³/mol. The molecule has 0 saturated carbocycles. The van der Waals surface area contributed by atoms with Crippen LogP contribution in [-0.4, -0.2) is 43.6 Å². The van der Waals surface area contributed by atoms with Crippen LogP contribution >= 0.6 is 0 Å². The first-order valence-electron chi connectivity index (χ1n) is 5.76. The van der Waals surface area contributed by atoms with Gasteiger partial charge in [-0.1, -0.05) is 12.1 Å². The number of carbonyl (C=O) groups excluding carboxylic acids is 2. The number of rotatable bonds is 4. The molecule has 1 heterocycles. The Hall–Kier alpha value is -1.88. The number of hydrogen-bond acceptors (Lipinski definition) is 5. The summed E-state index contributed by atoms with van der Waals surface area (Å²) in [6.45, 7) is 0.999. The number of cyclic esters (lactones) is 2. The van der Waals surface area contributed by atoms with Crippen LogP contribution < -0.4 is 4.74 Å². The summed E-state index contributed by atoms with van der Waals surface area (Å²) >= 11 is 0. The number of hydrogen-bond donors (Lipinski definition) is 0. The van der Waals surface area contributed by atoms with Crippen LogP contribution in [0.15, 0.2) is 24.3 Å². The number of esters is 2. The largest absolute Gasteiger partial charge is 0.497 e. The molecule has 2 rings (SSSR count). The van der Waals surface area contributed by atoms with E-state index in [1.54, 1.807) is 12.0 Å². The fourth-order valence-electron chi connectivity index (χ4n) is 1.89. The molecule has 0 unspecified atom stereocenters. The summed E-state index contributed by atoms with van der Waals surface area (Å²) in [6, 6.07) is 7.74. The lowest BCUT2D eigenvalue weighted by atomic mass is 10.1. The normalized spacial score (nSPS) is 16.5. The molecule has 5 nitrogen and oxygen atoms in total. The Balaban J connectivity index is 1.90. The summed E-state index contributed by atoms with van der Waals surface area (Å²) in [4.78, 5) is 24.0. The molecule has 1 aromatic carbocycles. The van der Waals surface area contributed by atoms with E-state index < -0.39 is 11.9 Å². The van der Waals surface area contributed by atoms with E-state index in [4.69, 9.17) is 4.74 Å². The van der Waals surface area contributed by atoms with Gasteiger partial charge < -0.3 is 9.47 Å². The van der Waals surface area contributed by atoms with Gasteiger partial charge in [0.2, 0.25) is 0 Å². The van der Waals surface area contributed by atoms with Crippen molar-refractivity contribution in [3.8, 4) is 5.75 Å². The van der Waals surface area contributed by atoms with Gasteiger partial charge in [-0.05, 0) is 24.1 Å². The number of nitrogens with zero attached hydrogens (tertiary/aromatic N) is 1. The molecule has 0 amide bonds. The zero-order chi connectivity index (χ0) is 13.0. The minimum absolute atomic E-state index is 0.176. The van der Waals surface area contributed by atoms with Crippen LogP contribution in [0.3, 0.4) is 0 Å². The van der Waals surface area contributed by atoms with Crippen molar-refractivity contribution in [2.75, 3.05) is 26.7 Å². The van der Waals surface area contributed by atoms with Crippen LogP contribution in [0.1, 0.15) is 5.56 Å². The average Bonchev–Trinajstić information content (AvgIpc) is 2.35. The van der Waals surface area contributed by atoms with E-state index in [9.17, 15) is 9.59 Å². The predicted octanol–water partition coefficient (Wildman–Crippen LogP) is 0.623. The fraction of sp³-hybridized carbons (Fsp3) is 0.385. The van der Waals surface area contributed by atoms with Crippen molar-refractivity contribution in [3.05, 3.63) is 29.8 Å². The molecule has 18 heavy (non-hydrogen) atoms. The van der Waals surface area contributed by atoms with Crippen LogP contribution in [0.25, 0.3) is 0 Å². The van der Waals surface area contributed by atoms with E-state index in [0.29, 0.717) is 6.54 Å². The molecule has 0 N–H and O–H groups in total. The summed E-state index contributed by atoms with van der Waals surface area (Å²) in [5.74, 6) is -0.143. The molecule has 0 aromatic heterocycles. The second-order valence-electron chi connectivity index (χ2n) is 4.16. The highest BCUT2D eigenvalue weighted by molar-refractivity contribution is 5.90. The minimum Gasteiger partial charge on any atom is -0.497 e. The van der Waals surface area contributed by atoms with Crippen molar-refractivity contribution in [2.24, 2.45) is 0 Å². The zero-order valence-electron chi connectivity index (χ0n) is 10.2. The number of methoxy groups -OCH3 is 1. The molecule has 1 aliphatic rings. The first-order valence-corrected chi connectivity index (χ1v) is 5.76. The summed E-state index contributed by atoms with van der Waals surface area (Å²) in [6.07, 6.45) is 0.762. The van der Waals surface area contributed by atoms with Crippen molar-refractivity contribution < 1.29 is 19.1 Å². The highest BCUT2D eigenvalue weighted by Gasteiger charge is 2.24. The SMILES string of the molecule is COc1cccc(CCN2CC(=O)OC(=O)C2)c1. The Morgan fingerprint density at radius 2 is 2.00 bits per heavy atom. The van der Waals surface area contributed by atoms with Gasteiger partial charge in [0.1, 0.15) is 5.75 Å². The molecule has 1 saturated heterocycles. The second-order valence-corrected chi connectivity index (χ2v) is 4.16. The molecule has 0 bridgehead atoms. The maximum Gasteiger partial charge on any atom is 0.327 e. The van der Waals surface area contributed by atoms with E-state index in [1.807, 2.05) is 24.3 Å².